The van der Waals surface area contributed by atoms with Gasteiger partial charge in [0.25, 0.3) is 5.91 Å². The highest BCUT2D eigenvalue weighted by Crippen LogP contribution is 2.25. The molecule has 0 radical (unpaired) electrons. The van der Waals surface area contributed by atoms with Crippen molar-refractivity contribution in [2.24, 2.45) is 5.92 Å². The van der Waals surface area contributed by atoms with E-state index in [1.165, 1.54) is 18.5 Å². The highest BCUT2D eigenvalue weighted by atomic mass is 35.5. The second-order valence-corrected chi connectivity index (χ2v) is 9.30. The van der Waals surface area contributed by atoms with E-state index in [9.17, 15) is 4.79 Å². The first-order valence-electron chi connectivity index (χ1n) is 11.6. The van der Waals surface area contributed by atoms with Gasteiger partial charge in [-0.3, -0.25) is 4.79 Å². The van der Waals surface area contributed by atoms with Gasteiger partial charge >= 0.3 is 0 Å². The van der Waals surface area contributed by atoms with E-state index >= 15 is 0 Å². The molecule has 4 rings (SSSR count). The van der Waals surface area contributed by atoms with E-state index in [0.717, 1.165) is 30.1 Å². The number of hydrogen-bond donors (Lipinski definition) is 1. The van der Waals surface area contributed by atoms with Crippen LogP contribution in [-0.2, 0) is 6.61 Å². The molecule has 33 heavy (non-hydrogen) atoms. The first-order valence-corrected chi connectivity index (χ1v) is 12.0. The van der Waals surface area contributed by atoms with Crippen molar-refractivity contribution in [3.8, 4) is 5.75 Å². The summed E-state index contributed by atoms with van der Waals surface area (Å²) in [5.74, 6) is 1.25. The van der Waals surface area contributed by atoms with Gasteiger partial charge in [0.1, 0.15) is 12.4 Å². The number of ether oxygens (including phenoxy) is 1. The molecule has 0 saturated carbocycles. The normalized spacial score (nSPS) is 16.8. The predicted octanol–water partition coefficient (Wildman–Crippen LogP) is 6.65. The maximum absolute atomic E-state index is 12.9. The lowest BCUT2D eigenvalue weighted by Gasteiger charge is -2.33. The monoisotopic (exact) mass is 462 g/mol. The molecule has 1 fully saturated rings. The first kappa shape index (κ1) is 23.2. The lowest BCUT2D eigenvalue weighted by Crippen LogP contribution is -2.34. The van der Waals surface area contributed by atoms with E-state index in [2.05, 4.69) is 41.4 Å². The molecule has 0 spiro atoms. The summed E-state index contributed by atoms with van der Waals surface area (Å²) in [5.41, 5.74) is 3.82. The largest absolute Gasteiger partial charge is 0.489 e. The van der Waals surface area contributed by atoms with Gasteiger partial charge in [-0.15, -0.1) is 0 Å². The van der Waals surface area contributed by atoms with E-state index in [1.54, 1.807) is 12.1 Å². The van der Waals surface area contributed by atoms with E-state index < -0.39 is 0 Å². The van der Waals surface area contributed by atoms with Gasteiger partial charge in [-0.2, -0.15) is 0 Å². The molecule has 0 unspecified atom stereocenters. The minimum absolute atomic E-state index is 0.0977. The van der Waals surface area contributed by atoms with E-state index in [0.29, 0.717) is 22.9 Å². The minimum atomic E-state index is -0.125. The fraction of sp³-hybridized carbons (Fsp3) is 0.321. The zero-order chi connectivity index (χ0) is 23.2. The van der Waals surface area contributed by atoms with Crippen molar-refractivity contribution in [3.63, 3.8) is 0 Å². The van der Waals surface area contributed by atoms with Gasteiger partial charge < -0.3 is 15.0 Å². The number of hydrogen-bond acceptors (Lipinski definition) is 3. The van der Waals surface area contributed by atoms with Crippen molar-refractivity contribution in [3.05, 3.63) is 94.5 Å². The Kier molecular flexibility index (Phi) is 7.56. The molecule has 3 aromatic rings. The van der Waals surface area contributed by atoms with Crippen LogP contribution in [0.2, 0.25) is 5.02 Å². The molecule has 2 atom stereocenters. The number of carbonyl (C=O) groups excluding carboxylic acids is 1. The summed E-state index contributed by atoms with van der Waals surface area (Å²) in [7, 11) is 0. The number of benzene rings is 3. The minimum Gasteiger partial charge on any atom is -0.489 e. The molecule has 1 N–H and O–H groups in total. The molecular formula is C28H31ClN2O2. The van der Waals surface area contributed by atoms with Crippen molar-refractivity contribution < 1.29 is 9.53 Å². The van der Waals surface area contributed by atoms with Gasteiger partial charge in [0.2, 0.25) is 0 Å². The second kappa shape index (κ2) is 10.8. The van der Waals surface area contributed by atoms with Crippen molar-refractivity contribution in [2.45, 2.75) is 39.3 Å². The number of nitrogens with one attached hydrogen (secondary N) is 1. The Bertz CT molecular complexity index is 1080. The number of amides is 1. The Hall–Kier alpha value is -2.98. The third-order valence-electron chi connectivity index (χ3n) is 6.21. The number of anilines is 1. The summed E-state index contributed by atoms with van der Waals surface area (Å²) >= 11 is 6.20. The number of rotatable bonds is 7. The molecule has 0 aliphatic carbocycles. The van der Waals surface area contributed by atoms with Crippen molar-refractivity contribution >= 4 is 23.2 Å². The Morgan fingerprint density at radius 2 is 1.91 bits per heavy atom. The van der Waals surface area contributed by atoms with Crippen molar-refractivity contribution in [2.75, 3.05) is 18.0 Å². The van der Waals surface area contributed by atoms with Gasteiger partial charge in [0.15, 0.2) is 0 Å². The van der Waals surface area contributed by atoms with Crippen LogP contribution in [0.4, 0.5) is 5.69 Å². The average Bonchev–Trinajstić information content (AvgIpc) is 2.84. The molecular weight excluding hydrogens is 432 g/mol. The molecule has 0 bridgehead atoms. The molecule has 4 nitrogen and oxygen atoms in total. The van der Waals surface area contributed by atoms with Crippen LogP contribution in [0, 0.1) is 5.92 Å². The Balaban J connectivity index is 1.35. The van der Waals surface area contributed by atoms with Crippen LogP contribution in [-0.4, -0.2) is 19.0 Å². The molecule has 1 amide bonds. The van der Waals surface area contributed by atoms with Gasteiger partial charge in [-0.1, -0.05) is 54.9 Å². The van der Waals surface area contributed by atoms with Crippen LogP contribution in [0.25, 0.3) is 0 Å². The van der Waals surface area contributed by atoms with E-state index in [4.69, 9.17) is 16.3 Å². The van der Waals surface area contributed by atoms with Crippen LogP contribution in [0.5, 0.6) is 5.75 Å². The zero-order valence-corrected chi connectivity index (χ0v) is 20.0. The van der Waals surface area contributed by atoms with Crippen LogP contribution in [0.15, 0.2) is 72.8 Å². The molecule has 1 saturated heterocycles. The van der Waals surface area contributed by atoms with Crippen LogP contribution in [0.1, 0.15) is 54.2 Å². The highest BCUT2D eigenvalue weighted by molar-refractivity contribution is 6.31. The average molecular weight is 463 g/mol. The first-order chi connectivity index (χ1) is 16.0. The highest BCUT2D eigenvalue weighted by Gasteiger charge is 2.17. The Morgan fingerprint density at radius 3 is 2.67 bits per heavy atom. The van der Waals surface area contributed by atoms with Crippen LogP contribution < -0.4 is 15.0 Å². The molecule has 1 aliphatic rings. The lowest BCUT2D eigenvalue weighted by molar-refractivity contribution is 0.0939. The van der Waals surface area contributed by atoms with Crippen LogP contribution >= 0.6 is 11.6 Å². The Labute approximate surface area is 201 Å². The smallest absolute Gasteiger partial charge is 0.251 e. The summed E-state index contributed by atoms with van der Waals surface area (Å²) in [4.78, 5) is 15.3. The molecule has 3 aromatic carbocycles. The predicted molar refractivity (Wildman–Crippen MR) is 135 cm³/mol. The summed E-state index contributed by atoms with van der Waals surface area (Å²) in [6.07, 6.45) is 2.56. The van der Waals surface area contributed by atoms with Gasteiger partial charge in [0.05, 0.1) is 6.04 Å². The number of halogens is 1. The lowest BCUT2D eigenvalue weighted by atomic mass is 9.99. The zero-order valence-electron chi connectivity index (χ0n) is 19.3. The summed E-state index contributed by atoms with van der Waals surface area (Å²) in [6.45, 7) is 6.90. The van der Waals surface area contributed by atoms with Crippen LogP contribution in [0.3, 0.4) is 0 Å². The van der Waals surface area contributed by atoms with Gasteiger partial charge in [0, 0.05) is 34.9 Å². The quantitative estimate of drug-likeness (QED) is 0.427. The maximum Gasteiger partial charge on any atom is 0.251 e. The molecule has 1 heterocycles. The number of carbonyl (C=O) groups is 1. The van der Waals surface area contributed by atoms with Crippen molar-refractivity contribution in [1.29, 1.82) is 0 Å². The summed E-state index contributed by atoms with van der Waals surface area (Å²) < 4.78 is 5.86. The Morgan fingerprint density at radius 1 is 1.12 bits per heavy atom. The molecule has 1 aliphatic heterocycles. The third kappa shape index (κ3) is 6.08. The molecule has 5 heteroatoms. The van der Waals surface area contributed by atoms with Crippen molar-refractivity contribution in [1.82, 2.24) is 5.32 Å². The third-order valence-corrected chi connectivity index (χ3v) is 6.58. The topological polar surface area (TPSA) is 41.6 Å². The number of piperidine rings is 1. The summed E-state index contributed by atoms with van der Waals surface area (Å²) in [6, 6.07) is 23.3. The standard InChI is InChI=1S/C28H31ClN2O2/c1-20-7-6-16-31(18-20)25-14-12-22(13-15-25)21(2)30-28(32)23-9-5-10-26(17-23)33-19-24-8-3-4-11-27(24)29/h3-5,8-15,17,20-21H,6-7,16,18-19H2,1-2H3,(H,30,32)/t20-,21+/m0/s1. The second-order valence-electron chi connectivity index (χ2n) is 8.89. The summed E-state index contributed by atoms with van der Waals surface area (Å²) in [5, 5.41) is 3.77. The molecule has 0 aromatic heterocycles. The fourth-order valence-electron chi connectivity index (χ4n) is 4.26. The SMILES string of the molecule is C[C@H]1CCCN(c2ccc([C@@H](C)NC(=O)c3cccc(OCc4ccccc4Cl)c3)cc2)C1. The van der Waals surface area contributed by atoms with Gasteiger partial charge in [-0.05, 0) is 67.6 Å². The van der Waals surface area contributed by atoms with Gasteiger partial charge in [-0.25, -0.2) is 0 Å². The van der Waals surface area contributed by atoms with E-state index in [1.807, 2.05) is 43.3 Å². The van der Waals surface area contributed by atoms with E-state index in [-0.39, 0.29) is 11.9 Å². The number of nitrogens with zero attached hydrogens (tertiary/aromatic N) is 1. The molecule has 172 valence electrons. The maximum atomic E-state index is 12.9. The fourth-order valence-corrected chi connectivity index (χ4v) is 4.45.